The number of thiophene rings is 1. The maximum Gasteiger partial charge on any atom is 0.265 e. The van der Waals surface area contributed by atoms with E-state index in [-0.39, 0.29) is 11.8 Å². The van der Waals surface area contributed by atoms with Crippen LogP contribution in [0.1, 0.15) is 20.0 Å². The normalized spacial score (nSPS) is 10.5. The summed E-state index contributed by atoms with van der Waals surface area (Å²) in [6.07, 6.45) is 0. The second-order valence-electron chi connectivity index (χ2n) is 6.03. The second kappa shape index (κ2) is 7.43. The van der Waals surface area contributed by atoms with Gasteiger partial charge >= 0.3 is 0 Å². The molecule has 0 spiro atoms. The zero-order valence-corrected chi connectivity index (χ0v) is 15.1. The van der Waals surface area contributed by atoms with E-state index in [0.717, 1.165) is 16.5 Å². The van der Waals surface area contributed by atoms with E-state index in [1.54, 1.807) is 30.3 Å². The second-order valence-corrected chi connectivity index (χ2v) is 6.98. The molecule has 27 heavy (non-hydrogen) atoms. The first-order valence-electron chi connectivity index (χ1n) is 8.44. The molecule has 0 atom stereocenters. The predicted octanol–water partition coefficient (Wildman–Crippen LogP) is 5.41. The lowest BCUT2D eigenvalue weighted by molar-refractivity contribution is 0.101. The molecule has 4 nitrogen and oxygen atoms in total. The molecule has 0 aliphatic heterocycles. The van der Waals surface area contributed by atoms with Crippen molar-refractivity contribution in [3.63, 3.8) is 0 Å². The first-order chi connectivity index (χ1) is 13.2. The SMILES string of the molecule is O=C(Nc1ccc2ccccc2c1)c1cccc(NC(=O)c2cccs2)c1. The van der Waals surface area contributed by atoms with Gasteiger partial charge in [-0.3, -0.25) is 9.59 Å². The number of fused-ring (bicyclic) bond motifs is 1. The number of carbonyl (C=O) groups is 2. The molecule has 0 aliphatic carbocycles. The van der Waals surface area contributed by atoms with Crippen LogP contribution in [-0.2, 0) is 0 Å². The fraction of sp³-hybridized carbons (Fsp3) is 0. The van der Waals surface area contributed by atoms with E-state index < -0.39 is 0 Å². The Labute approximate surface area is 160 Å². The molecule has 4 aromatic rings. The molecule has 0 saturated carbocycles. The van der Waals surface area contributed by atoms with Crippen molar-refractivity contribution in [1.29, 1.82) is 0 Å². The summed E-state index contributed by atoms with van der Waals surface area (Å²) >= 11 is 1.37. The number of anilines is 2. The van der Waals surface area contributed by atoms with Crippen molar-refractivity contribution in [2.75, 3.05) is 10.6 Å². The summed E-state index contributed by atoms with van der Waals surface area (Å²) < 4.78 is 0. The summed E-state index contributed by atoms with van der Waals surface area (Å²) in [5.41, 5.74) is 1.79. The lowest BCUT2D eigenvalue weighted by atomic mass is 10.1. The van der Waals surface area contributed by atoms with Gasteiger partial charge in [0.1, 0.15) is 0 Å². The molecule has 0 unspecified atom stereocenters. The molecule has 2 N–H and O–H groups in total. The average molecular weight is 372 g/mol. The molecule has 0 radical (unpaired) electrons. The molecular formula is C22H16N2O2S. The van der Waals surface area contributed by atoms with Gasteiger partial charge in [0.25, 0.3) is 11.8 Å². The highest BCUT2D eigenvalue weighted by molar-refractivity contribution is 7.12. The highest BCUT2D eigenvalue weighted by atomic mass is 32.1. The van der Waals surface area contributed by atoms with Crippen LogP contribution in [0.25, 0.3) is 10.8 Å². The lowest BCUT2D eigenvalue weighted by Crippen LogP contribution is -2.14. The van der Waals surface area contributed by atoms with E-state index in [1.165, 1.54) is 11.3 Å². The van der Waals surface area contributed by atoms with Gasteiger partial charge in [0.05, 0.1) is 4.88 Å². The molecule has 1 aromatic heterocycles. The van der Waals surface area contributed by atoms with Crippen molar-refractivity contribution in [3.05, 3.63) is 94.7 Å². The van der Waals surface area contributed by atoms with Gasteiger partial charge < -0.3 is 10.6 Å². The van der Waals surface area contributed by atoms with Gasteiger partial charge in [-0.1, -0.05) is 42.5 Å². The van der Waals surface area contributed by atoms with E-state index >= 15 is 0 Å². The Morgan fingerprint density at radius 3 is 2.26 bits per heavy atom. The van der Waals surface area contributed by atoms with Crippen molar-refractivity contribution in [3.8, 4) is 0 Å². The largest absolute Gasteiger partial charge is 0.322 e. The smallest absolute Gasteiger partial charge is 0.265 e. The zero-order valence-electron chi connectivity index (χ0n) is 14.3. The minimum atomic E-state index is -0.225. The summed E-state index contributed by atoms with van der Waals surface area (Å²) in [4.78, 5) is 25.4. The van der Waals surface area contributed by atoms with Crippen LogP contribution in [-0.4, -0.2) is 11.8 Å². The highest BCUT2D eigenvalue weighted by Crippen LogP contribution is 2.20. The molecule has 132 valence electrons. The Balaban J connectivity index is 1.50. The molecular weight excluding hydrogens is 356 g/mol. The Kier molecular flexibility index (Phi) is 4.68. The van der Waals surface area contributed by atoms with E-state index in [1.807, 2.05) is 53.9 Å². The van der Waals surface area contributed by atoms with Gasteiger partial charge in [-0.05, 0) is 52.6 Å². The third-order valence-corrected chi connectivity index (χ3v) is 5.00. The van der Waals surface area contributed by atoms with Crippen LogP contribution >= 0.6 is 11.3 Å². The summed E-state index contributed by atoms with van der Waals surface area (Å²) in [6.45, 7) is 0. The van der Waals surface area contributed by atoms with Crippen LogP contribution in [0.4, 0.5) is 11.4 Å². The zero-order chi connectivity index (χ0) is 18.6. The van der Waals surface area contributed by atoms with Crippen LogP contribution in [0.5, 0.6) is 0 Å². The van der Waals surface area contributed by atoms with Crippen LogP contribution in [0.3, 0.4) is 0 Å². The van der Waals surface area contributed by atoms with Crippen molar-refractivity contribution >= 4 is 45.3 Å². The number of rotatable bonds is 4. The molecule has 5 heteroatoms. The van der Waals surface area contributed by atoms with Gasteiger partial charge in [-0.15, -0.1) is 11.3 Å². The van der Waals surface area contributed by atoms with E-state index in [9.17, 15) is 9.59 Å². The topological polar surface area (TPSA) is 58.2 Å². The first kappa shape index (κ1) is 17.0. The Hall–Kier alpha value is -3.44. The summed E-state index contributed by atoms with van der Waals surface area (Å²) in [5, 5.41) is 9.76. The van der Waals surface area contributed by atoms with E-state index in [0.29, 0.717) is 16.1 Å². The van der Waals surface area contributed by atoms with Crippen LogP contribution < -0.4 is 10.6 Å². The fourth-order valence-electron chi connectivity index (χ4n) is 2.81. The van der Waals surface area contributed by atoms with Gasteiger partial charge in [0.15, 0.2) is 0 Å². The minimum Gasteiger partial charge on any atom is -0.322 e. The lowest BCUT2D eigenvalue weighted by Gasteiger charge is -2.09. The first-order valence-corrected chi connectivity index (χ1v) is 9.32. The summed E-state index contributed by atoms with van der Waals surface area (Å²) in [5.74, 6) is -0.408. The molecule has 0 fully saturated rings. The van der Waals surface area contributed by atoms with E-state index in [2.05, 4.69) is 10.6 Å². The van der Waals surface area contributed by atoms with Crippen molar-refractivity contribution < 1.29 is 9.59 Å². The van der Waals surface area contributed by atoms with Gasteiger partial charge in [0, 0.05) is 16.9 Å². The van der Waals surface area contributed by atoms with Gasteiger partial charge in [-0.25, -0.2) is 0 Å². The predicted molar refractivity (Wildman–Crippen MR) is 111 cm³/mol. The quantitative estimate of drug-likeness (QED) is 0.503. The Morgan fingerprint density at radius 2 is 1.44 bits per heavy atom. The van der Waals surface area contributed by atoms with Gasteiger partial charge in [-0.2, -0.15) is 0 Å². The van der Waals surface area contributed by atoms with Crippen molar-refractivity contribution in [1.82, 2.24) is 0 Å². The third-order valence-electron chi connectivity index (χ3n) is 4.13. The highest BCUT2D eigenvalue weighted by Gasteiger charge is 2.10. The molecule has 0 bridgehead atoms. The maximum absolute atomic E-state index is 12.6. The molecule has 0 aliphatic rings. The van der Waals surface area contributed by atoms with Crippen molar-refractivity contribution in [2.45, 2.75) is 0 Å². The molecule has 2 amide bonds. The molecule has 1 heterocycles. The number of nitrogens with one attached hydrogen (secondary N) is 2. The monoisotopic (exact) mass is 372 g/mol. The minimum absolute atomic E-state index is 0.183. The third kappa shape index (κ3) is 3.88. The number of hydrogen-bond acceptors (Lipinski definition) is 3. The van der Waals surface area contributed by atoms with Crippen molar-refractivity contribution in [2.24, 2.45) is 0 Å². The number of hydrogen-bond donors (Lipinski definition) is 2. The van der Waals surface area contributed by atoms with E-state index in [4.69, 9.17) is 0 Å². The number of benzene rings is 3. The molecule has 4 rings (SSSR count). The molecule has 3 aromatic carbocycles. The van der Waals surface area contributed by atoms with Crippen LogP contribution in [0.15, 0.2) is 84.2 Å². The van der Waals surface area contributed by atoms with Gasteiger partial charge in [0.2, 0.25) is 0 Å². The summed E-state index contributed by atoms with van der Waals surface area (Å²) in [7, 11) is 0. The fourth-order valence-corrected chi connectivity index (χ4v) is 3.43. The Morgan fingerprint density at radius 1 is 0.667 bits per heavy atom. The Bertz CT molecular complexity index is 1120. The molecule has 0 saturated heterocycles. The number of amides is 2. The average Bonchev–Trinajstić information content (AvgIpc) is 3.23. The standard InChI is InChI=1S/C22H16N2O2S/c25-21(23-19-11-10-15-5-1-2-6-16(15)13-19)17-7-3-8-18(14-17)24-22(26)20-9-4-12-27-20/h1-14H,(H,23,25)(H,24,26). The van der Waals surface area contributed by atoms with Crippen LogP contribution in [0, 0.1) is 0 Å². The maximum atomic E-state index is 12.6. The summed E-state index contributed by atoms with van der Waals surface area (Å²) in [6, 6.07) is 24.3. The van der Waals surface area contributed by atoms with Crippen LogP contribution in [0.2, 0.25) is 0 Å². The number of carbonyl (C=O) groups excluding carboxylic acids is 2.